The lowest BCUT2D eigenvalue weighted by molar-refractivity contribution is -0.173. The van der Waals surface area contributed by atoms with Crippen LogP contribution >= 0.6 is 0 Å². The number of carbonyl (C=O) groups excluding carboxylic acids is 1. The van der Waals surface area contributed by atoms with Gasteiger partial charge in [0.05, 0.1) is 12.2 Å². The molecule has 0 fully saturated rings. The van der Waals surface area contributed by atoms with Crippen LogP contribution in [0.15, 0.2) is 66.9 Å². The summed E-state index contributed by atoms with van der Waals surface area (Å²) in [7, 11) is 0. The number of nitrogens with one attached hydrogen (secondary N) is 2. The number of hydrogen-bond donors (Lipinski definition) is 2. The maximum atomic E-state index is 13.7. The Bertz CT molecular complexity index is 1000. The largest absolute Gasteiger partial charge is 0.410 e. The van der Waals surface area contributed by atoms with E-state index in [9.17, 15) is 18.0 Å². The van der Waals surface area contributed by atoms with Crippen molar-refractivity contribution in [2.24, 2.45) is 0 Å². The van der Waals surface area contributed by atoms with E-state index in [1.54, 1.807) is 24.3 Å². The fourth-order valence-electron chi connectivity index (χ4n) is 3.69. The summed E-state index contributed by atoms with van der Waals surface area (Å²) in [5, 5.41) is 9.76. The molecule has 0 spiro atoms. The molecule has 8 heteroatoms. The average Bonchev–Trinajstić information content (AvgIpc) is 3.17. The fourth-order valence-corrected chi connectivity index (χ4v) is 3.69. The summed E-state index contributed by atoms with van der Waals surface area (Å²) in [6.45, 7) is 0.373. The zero-order valence-corrected chi connectivity index (χ0v) is 16.1. The molecule has 156 valence electrons. The molecule has 2 N–H and O–H groups in total. The van der Waals surface area contributed by atoms with Crippen LogP contribution in [0, 0.1) is 0 Å². The number of fused-ring (bicyclic) bond motifs is 1. The maximum Gasteiger partial charge on any atom is 0.410 e. The van der Waals surface area contributed by atoms with E-state index in [1.165, 1.54) is 6.20 Å². The van der Waals surface area contributed by atoms with Crippen molar-refractivity contribution >= 4 is 11.7 Å². The first-order valence-electron chi connectivity index (χ1n) is 9.71. The highest BCUT2D eigenvalue weighted by atomic mass is 19.4. The van der Waals surface area contributed by atoms with Gasteiger partial charge in [-0.15, -0.1) is 0 Å². The third kappa shape index (κ3) is 4.17. The second-order valence-electron chi connectivity index (χ2n) is 7.24. The molecule has 1 aliphatic rings. The minimum absolute atomic E-state index is 0.0923. The van der Waals surface area contributed by atoms with Crippen LogP contribution in [0.3, 0.4) is 0 Å². The smallest absolute Gasteiger partial charge is 0.363 e. The van der Waals surface area contributed by atoms with Gasteiger partial charge in [-0.3, -0.25) is 4.79 Å². The standard InChI is InChI=1S/C22H21F3N4O/c23-22(24,25)19-13-18(16-9-5-2-6-10-16)28-20-17(14-27-29(19)20)21(30)26-12-11-15-7-3-1-4-8-15/h1-10,14,18-19,28H,11-13H2,(H,26,30). The van der Waals surface area contributed by atoms with Crippen LogP contribution in [0.4, 0.5) is 19.0 Å². The van der Waals surface area contributed by atoms with E-state index in [-0.39, 0.29) is 17.8 Å². The summed E-state index contributed by atoms with van der Waals surface area (Å²) < 4.78 is 42.0. The van der Waals surface area contributed by atoms with Crippen LogP contribution in [0.5, 0.6) is 0 Å². The predicted molar refractivity (Wildman–Crippen MR) is 107 cm³/mol. The van der Waals surface area contributed by atoms with Crippen LogP contribution in [0.1, 0.15) is 40.0 Å². The van der Waals surface area contributed by atoms with Crippen LogP contribution in [-0.4, -0.2) is 28.4 Å². The molecule has 2 atom stereocenters. The molecule has 1 aromatic heterocycles. The number of rotatable bonds is 5. The molecular weight excluding hydrogens is 393 g/mol. The number of nitrogens with zero attached hydrogens (tertiary/aromatic N) is 2. The summed E-state index contributed by atoms with van der Waals surface area (Å²) in [5.74, 6) is -0.357. The number of aromatic nitrogens is 2. The Balaban J connectivity index is 1.55. The molecule has 0 radical (unpaired) electrons. The van der Waals surface area contributed by atoms with E-state index < -0.39 is 24.2 Å². The Labute approximate surface area is 171 Å². The molecule has 0 aliphatic carbocycles. The topological polar surface area (TPSA) is 59.0 Å². The number of alkyl halides is 3. The summed E-state index contributed by atoms with van der Waals surface area (Å²) >= 11 is 0. The van der Waals surface area contributed by atoms with Gasteiger partial charge in [0.15, 0.2) is 6.04 Å². The highest BCUT2D eigenvalue weighted by Gasteiger charge is 2.47. The SMILES string of the molecule is O=C(NCCc1ccccc1)c1cnn2c1NC(c1ccccc1)CC2C(F)(F)F. The number of halogens is 3. The van der Waals surface area contributed by atoms with Gasteiger partial charge in [-0.1, -0.05) is 60.7 Å². The molecule has 0 saturated carbocycles. The minimum atomic E-state index is -4.48. The average molecular weight is 414 g/mol. The second-order valence-corrected chi connectivity index (χ2v) is 7.24. The number of anilines is 1. The number of benzene rings is 2. The monoisotopic (exact) mass is 414 g/mol. The first kappa shape index (κ1) is 20.0. The zero-order valence-electron chi connectivity index (χ0n) is 16.1. The van der Waals surface area contributed by atoms with Gasteiger partial charge in [0.25, 0.3) is 5.91 Å². The van der Waals surface area contributed by atoms with Gasteiger partial charge in [-0.05, 0) is 17.5 Å². The lowest BCUT2D eigenvalue weighted by atomic mass is 9.96. The van der Waals surface area contributed by atoms with Crippen molar-refractivity contribution in [3.05, 3.63) is 83.6 Å². The molecule has 2 heterocycles. The Hall–Kier alpha value is -3.29. The zero-order chi connectivity index (χ0) is 21.1. The second kappa shape index (κ2) is 8.22. The van der Waals surface area contributed by atoms with Crippen molar-refractivity contribution in [2.45, 2.75) is 31.1 Å². The van der Waals surface area contributed by atoms with Crippen LogP contribution in [0.2, 0.25) is 0 Å². The van der Waals surface area contributed by atoms with Gasteiger partial charge < -0.3 is 10.6 Å². The van der Waals surface area contributed by atoms with E-state index in [0.29, 0.717) is 13.0 Å². The normalized spacial score (nSPS) is 18.4. The van der Waals surface area contributed by atoms with Crippen LogP contribution < -0.4 is 10.6 Å². The molecule has 1 amide bonds. The summed E-state index contributed by atoms with van der Waals surface area (Å²) in [4.78, 5) is 12.7. The van der Waals surface area contributed by atoms with E-state index in [1.807, 2.05) is 36.4 Å². The van der Waals surface area contributed by atoms with Crippen molar-refractivity contribution in [1.29, 1.82) is 0 Å². The quantitative estimate of drug-likeness (QED) is 0.646. The molecular formula is C22H21F3N4O. The predicted octanol–water partition coefficient (Wildman–Crippen LogP) is 4.52. The van der Waals surface area contributed by atoms with Gasteiger partial charge in [0.2, 0.25) is 0 Å². The lowest BCUT2D eigenvalue weighted by Gasteiger charge is -2.34. The number of carbonyl (C=O) groups is 1. The van der Waals surface area contributed by atoms with Gasteiger partial charge >= 0.3 is 6.18 Å². The third-order valence-corrected chi connectivity index (χ3v) is 5.23. The Kier molecular flexibility index (Phi) is 5.48. The minimum Gasteiger partial charge on any atom is -0.363 e. The molecule has 4 rings (SSSR count). The fraction of sp³-hybridized carbons (Fsp3) is 0.273. The highest BCUT2D eigenvalue weighted by molar-refractivity contribution is 5.98. The molecule has 1 aliphatic heterocycles. The number of hydrogen-bond acceptors (Lipinski definition) is 3. The highest BCUT2D eigenvalue weighted by Crippen LogP contribution is 2.44. The van der Waals surface area contributed by atoms with Gasteiger partial charge in [0, 0.05) is 13.0 Å². The van der Waals surface area contributed by atoms with E-state index >= 15 is 0 Å². The number of amides is 1. The van der Waals surface area contributed by atoms with Crippen molar-refractivity contribution in [1.82, 2.24) is 15.1 Å². The summed E-state index contributed by atoms with van der Waals surface area (Å²) in [6.07, 6.45) is -2.85. The summed E-state index contributed by atoms with van der Waals surface area (Å²) in [6, 6.07) is 16.2. The maximum absolute atomic E-state index is 13.7. The molecule has 3 aromatic rings. The summed E-state index contributed by atoms with van der Waals surface area (Å²) in [5.41, 5.74) is 1.90. The molecule has 0 bridgehead atoms. The van der Waals surface area contributed by atoms with Crippen molar-refractivity contribution in [3.8, 4) is 0 Å². The third-order valence-electron chi connectivity index (χ3n) is 5.23. The van der Waals surface area contributed by atoms with Gasteiger partial charge in [-0.2, -0.15) is 18.3 Å². The van der Waals surface area contributed by atoms with E-state index in [2.05, 4.69) is 15.7 Å². The van der Waals surface area contributed by atoms with Crippen molar-refractivity contribution in [3.63, 3.8) is 0 Å². The Morgan fingerprint density at radius 3 is 2.43 bits per heavy atom. The van der Waals surface area contributed by atoms with E-state index in [4.69, 9.17) is 0 Å². The first-order chi connectivity index (χ1) is 14.4. The van der Waals surface area contributed by atoms with Gasteiger partial charge in [-0.25, -0.2) is 4.68 Å². The Morgan fingerprint density at radius 1 is 1.10 bits per heavy atom. The van der Waals surface area contributed by atoms with Crippen LogP contribution in [0.25, 0.3) is 0 Å². The van der Waals surface area contributed by atoms with Gasteiger partial charge in [0.1, 0.15) is 11.4 Å². The first-order valence-corrected chi connectivity index (χ1v) is 9.71. The molecule has 0 saturated heterocycles. The van der Waals surface area contributed by atoms with E-state index in [0.717, 1.165) is 15.8 Å². The molecule has 5 nitrogen and oxygen atoms in total. The molecule has 30 heavy (non-hydrogen) atoms. The molecule has 2 aromatic carbocycles. The van der Waals surface area contributed by atoms with Crippen molar-refractivity contribution in [2.75, 3.05) is 11.9 Å². The Morgan fingerprint density at radius 2 is 1.77 bits per heavy atom. The van der Waals surface area contributed by atoms with Crippen molar-refractivity contribution < 1.29 is 18.0 Å². The lowest BCUT2D eigenvalue weighted by Crippen LogP contribution is -2.36. The molecule has 2 unspecified atom stereocenters. The van der Waals surface area contributed by atoms with Crippen LogP contribution in [-0.2, 0) is 6.42 Å².